The summed E-state index contributed by atoms with van der Waals surface area (Å²) < 4.78 is 11.0. The van der Waals surface area contributed by atoms with Gasteiger partial charge in [0.25, 0.3) is 0 Å². The number of hydrogen-bond donors (Lipinski definition) is 0. The number of esters is 1. The normalized spacial score (nSPS) is 19.9. The van der Waals surface area contributed by atoms with Crippen LogP contribution in [0.5, 0.6) is 0 Å². The van der Waals surface area contributed by atoms with Gasteiger partial charge in [-0.25, -0.2) is 0 Å². The van der Waals surface area contributed by atoms with Gasteiger partial charge in [0.05, 0.1) is 24.7 Å². The maximum atomic E-state index is 12.9. The van der Waals surface area contributed by atoms with Crippen LogP contribution in [0.15, 0.2) is 41.8 Å². The van der Waals surface area contributed by atoms with Crippen LogP contribution in [-0.2, 0) is 19.1 Å². The van der Waals surface area contributed by atoms with E-state index in [1.807, 2.05) is 62.5 Å². The Morgan fingerprint density at radius 2 is 1.96 bits per heavy atom. The quantitative estimate of drug-likeness (QED) is 0.506. The van der Waals surface area contributed by atoms with E-state index in [9.17, 15) is 9.59 Å². The molecule has 0 radical (unpaired) electrons. The number of carbonyl (C=O) groups is 2. The molecule has 0 saturated carbocycles. The Morgan fingerprint density at radius 3 is 2.61 bits per heavy atom. The lowest BCUT2D eigenvalue weighted by molar-refractivity contribution is -0.152. The number of aryl methyl sites for hydroxylation is 1. The molecule has 0 N–H and O–H groups in total. The Labute approximate surface area is 170 Å². The number of amides is 1. The number of benzene rings is 1. The van der Waals surface area contributed by atoms with Crippen molar-refractivity contribution in [1.82, 2.24) is 0 Å². The number of anilines is 1. The molecular weight excluding hydrogens is 374 g/mol. The summed E-state index contributed by atoms with van der Waals surface area (Å²) in [6, 6.07) is 11.4. The molecule has 1 aliphatic heterocycles. The second-order valence-electron chi connectivity index (χ2n) is 7.29. The summed E-state index contributed by atoms with van der Waals surface area (Å²) in [7, 11) is 0. The summed E-state index contributed by atoms with van der Waals surface area (Å²) in [6.07, 6.45) is 0.924. The topological polar surface area (TPSA) is 55.8 Å². The Hall–Kier alpha value is -2.18. The van der Waals surface area contributed by atoms with E-state index in [-0.39, 0.29) is 30.6 Å². The molecule has 1 aliphatic rings. The highest BCUT2D eigenvalue weighted by Gasteiger charge is 2.42. The fraction of sp³-hybridized carbons (Fsp3) is 0.455. The van der Waals surface area contributed by atoms with Gasteiger partial charge < -0.3 is 14.4 Å². The molecule has 150 valence electrons. The number of rotatable bonds is 7. The second-order valence-corrected chi connectivity index (χ2v) is 8.27. The van der Waals surface area contributed by atoms with Crippen molar-refractivity contribution < 1.29 is 19.1 Å². The predicted molar refractivity (Wildman–Crippen MR) is 110 cm³/mol. The molecule has 2 unspecified atom stereocenters. The predicted octanol–water partition coefficient (Wildman–Crippen LogP) is 4.51. The first-order valence-electron chi connectivity index (χ1n) is 9.67. The molecule has 1 aromatic heterocycles. The Kier molecular flexibility index (Phi) is 6.86. The van der Waals surface area contributed by atoms with Crippen molar-refractivity contribution in [2.45, 2.75) is 45.8 Å². The van der Waals surface area contributed by atoms with Crippen molar-refractivity contribution in [2.24, 2.45) is 5.92 Å². The van der Waals surface area contributed by atoms with Crippen molar-refractivity contribution in [2.75, 3.05) is 18.1 Å². The first-order chi connectivity index (χ1) is 13.5. The first kappa shape index (κ1) is 20.6. The third kappa shape index (κ3) is 4.80. The summed E-state index contributed by atoms with van der Waals surface area (Å²) in [5.74, 6) is -0.624. The molecule has 2 atom stereocenters. The minimum Gasteiger partial charge on any atom is -0.463 e. The molecule has 0 bridgehead atoms. The van der Waals surface area contributed by atoms with Crippen molar-refractivity contribution in [3.05, 3.63) is 52.2 Å². The van der Waals surface area contributed by atoms with Crippen LogP contribution in [0.25, 0.3) is 0 Å². The molecule has 1 fully saturated rings. The van der Waals surface area contributed by atoms with Crippen molar-refractivity contribution >= 4 is 28.9 Å². The van der Waals surface area contributed by atoms with Gasteiger partial charge in [-0.3, -0.25) is 9.59 Å². The van der Waals surface area contributed by atoms with Crippen LogP contribution in [0.2, 0.25) is 0 Å². The number of thiophene rings is 1. The zero-order valence-corrected chi connectivity index (χ0v) is 17.4. The highest BCUT2D eigenvalue weighted by Crippen LogP contribution is 2.42. The number of carbonyl (C=O) groups excluding carboxylic acids is 2. The minimum absolute atomic E-state index is 0.0365. The number of hydrogen-bond acceptors (Lipinski definition) is 5. The molecule has 1 aromatic carbocycles. The molecule has 2 aromatic rings. The van der Waals surface area contributed by atoms with E-state index in [0.717, 1.165) is 16.1 Å². The average molecular weight is 402 g/mol. The smallest absolute Gasteiger partial charge is 0.311 e. The van der Waals surface area contributed by atoms with E-state index in [1.54, 1.807) is 16.2 Å². The summed E-state index contributed by atoms with van der Waals surface area (Å²) >= 11 is 1.56. The SMILES string of the molecule is Cc1ccc(N2C(=O)CCC(C(=O)OCCOC(C)C)C2c2cccs2)cc1. The van der Waals surface area contributed by atoms with E-state index in [0.29, 0.717) is 19.4 Å². The largest absolute Gasteiger partial charge is 0.463 e. The van der Waals surface area contributed by atoms with Gasteiger partial charge in [-0.05, 0) is 50.8 Å². The monoisotopic (exact) mass is 401 g/mol. The van der Waals surface area contributed by atoms with Crippen LogP contribution in [0.4, 0.5) is 5.69 Å². The van der Waals surface area contributed by atoms with Crippen molar-refractivity contribution in [1.29, 1.82) is 0 Å². The summed E-state index contributed by atoms with van der Waals surface area (Å²) in [4.78, 5) is 28.5. The molecule has 3 rings (SSSR count). The third-order valence-corrected chi connectivity index (χ3v) is 5.77. The Morgan fingerprint density at radius 1 is 1.21 bits per heavy atom. The Balaban J connectivity index is 1.84. The highest BCUT2D eigenvalue weighted by molar-refractivity contribution is 7.10. The number of nitrogens with zero attached hydrogens (tertiary/aromatic N) is 1. The van der Waals surface area contributed by atoms with E-state index in [4.69, 9.17) is 9.47 Å². The van der Waals surface area contributed by atoms with Crippen LogP contribution in [-0.4, -0.2) is 31.2 Å². The fourth-order valence-corrected chi connectivity index (χ4v) is 4.35. The van der Waals surface area contributed by atoms with Crippen LogP contribution < -0.4 is 4.90 Å². The lowest BCUT2D eigenvalue weighted by Gasteiger charge is -2.39. The Bertz CT molecular complexity index is 785. The van der Waals surface area contributed by atoms with E-state index >= 15 is 0 Å². The molecule has 1 saturated heterocycles. The minimum atomic E-state index is -0.392. The maximum absolute atomic E-state index is 12.9. The van der Waals surface area contributed by atoms with E-state index < -0.39 is 5.92 Å². The van der Waals surface area contributed by atoms with Crippen LogP contribution in [0.1, 0.15) is 43.2 Å². The molecule has 0 aliphatic carbocycles. The van der Waals surface area contributed by atoms with E-state index in [1.165, 1.54) is 0 Å². The summed E-state index contributed by atoms with van der Waals surface area (Å²) in [5.41, 5.74) is 1.94. The van der Waals surface area contributed by atoms with Gasteiger partial charge in [0, 0.05) is 17.0 Å². The molecule has 0 spiro atoms. The van der Waals surface area contributed by atoms with Gasteiger partial charge in [-0.15, -0.1) is 11.3 Å². The summed E-state index contributed by atoms with van der Waals surface area (Å²) in [5, 5.41) is 1.97. The highest BCUT2D eigenvalue weighted by atomic mass is 32.1. The molecule has 2 heterocycles. The summed E-state index contributed by atoms with van der Waals surface area (Å²) in [6.45, 7) is 6.50. The number of ether oxygens (including phenoxy) is 2. The fourth-order valence-electron chi connectivity index (χ4n) is 3.47. The van der Waals surface area contributed by atoms with Gasteiger partial charge >= 0.3 is 5.97 Å². The van der Waals surface area contributed by atoms with Crippen molar-refractivity contribution in [3.8, 4) is 0 Å². The average Bonchev–Trinajstić information content (AvgIpc) is 3.20. The number of piperidine rings is 1. The van der Waals surface area contributed by atoms with Gasteiger partial charge in [0.1, 0.15) is 6.61 Å². The second kappa shape index (κ2) is 9.34. The molecule has 28 heavy (non-hydrogen) atoms. The lowest BCUT2D eigenvalue weighted by atomic mass is 9.87. The maximum Gasteiger partial charge on any atom is 0.311 e. The van der Waals surface area contributed by atoms with Crippen LogP contribution in [0.3, 0.4) is 0 Å². The van der Waals surface area contributed by atoms with E-state index in [2.05, 4.69) is 0 Å². The lowest BCUT2D eigenvalue weighted by Crippen LogP contribution is -2.45. The van der Waals surface area contributed by atoms with Crippen LogP contribution >= 0.6 is 11.3 Å². The molecular formula is C22H27NO4S. The van der Waals surface area contributed by atoms with Gasteiger partial charge in [0.2, 0.25) is 5.91 Å². The third-order valence-electron chi connectivity index (χ3n) is 4.83. The zero-order valence-electron chi connectivity index (χ0n) is 16.6. The molecule has 6 heteroatoms. The first-order valence-corrected chi connectivity index (χ1v) is 10.6. The molecule has 5 nitrogen and oxygen atoms in total. The molecule has 1 amide bonds. The van der Waals surface area contributed by atoms with Gasteiger partial charge in [-0.2, -0.15) is 0 Å². The standard InChI is InChI=1S/C22H27NO4S/c1-15(2)26-12-13-27-22(25)18-10-11-20(24)23(17-8-6-16(3)7-9-17)21(18)19-5-4-14-28-19/h4-9,14-15,18,21H,10-13H2,1-3H3. The zero-order chi connectivity index (χ0) is 20.1. The van der Waals surface area contributed by atoms with Gasteiger partial charge in [-0.1, -0.05) is 23.8 Å². The van der Waals surface area contributed by atoms with Gasteiger partial charge in [0.15, 0.2) is 0 Å². The van der Waals surface area contributed by atoms with Crippen LogP contribution in [0, 0.1) is 12.8 Å². The van der Waals surface area contributed by atoms with Crippen molar-refractivity contribution in [3.63, 3.8) is 0 Å².